The van der Waals surface area contributed by atoms with Crippen molar-refractivity contribution in [1.82, 2.24) is 14.9 Å². The molecule has 0 aliphatic heterocycles. The standard InChI is InChI=1S/C13H20N4OS/c1-3-14-12-10-5-8-19-13(10)16-11(15-12)9-17(4-2)6-7-18/h5,8,18H,3-4,6-7,9H2,1-2H3,(H,14,15,16). The van der Waals surface area contributed by atoms with E-state index in [1.165, 1.54) is 0 Å². The summed E-state index contributed by atoms with van der Waals surface area (Å²) in [6, 6.07) is 2.05. The van der Waals surface area contributed by atoms with Crippen molar-refractivity contribution in [2.75, 3.05) is 31.6 Å². The number of aliphatic hydroxyl groups excluding tert-OH is 1. The summed E-state index contributed by atoms with van der Waals surface area (Å²) in [6.45, 7) is 7.34. The Hall–Kier alpha value is -1.24. The molecule has 5 nitrogen and oxygen atoms in total. The number of aliphatic hydroxyl groups is 1. The van der Waals surface area contributed by atoms with E-state index in [1.54, 1.807) is 11.3 Å². The number of hydrogen-bond acceptors (Lipinski definition) is 6. The fourth-order valence-electron chi connectivity index (χ4n) is 1.96. The average Bonchev–Trinajstić information content (AvgIpc) is 2.87. The predicted octanol–water partition coefficient (Wildman–Crippen LogP) is 1.94. The van der Waals surface area contributed by atoms with Crippen LogP contribution in [0, 0.1) is 0 Å². The Morgan fingerprint density at radius 2 is 2.21 bits per heavy atom. The summed E-state index contributed by atoms with van der Waals surface area (Å²) < 4.78 is 0. The molecule has 2 N–H and O–H groups in total. The molecular formula is C13H20N4OS. The Labute approximate surface area is 117 Å². The van der Waals surface area contributed by atoms with Gasteiger partial charge in [-0.05, 0) is 24.9 Å². The molecule has 0 aliphatic carbocycles. The lowest BCUT2D eigenvalue weighted by atomic mass is 10.3. The van der Waals surface area contributed by atoms with Crippen LogP contribution >= 0.6 is 11.3 Å². The summed E-state index contributed by atoms with van der Waals surface area (Å²) in [5.41, 5.74) is 0. The van der Waals surface area contributed by atoms with E-state index < -0.39 is 0 Å². The number of anilines is 1. The molecule has 0 saturated carbocycles. The van der Waals surface area contributed by atoms with Crippen LogP contribution in [0.5, 0.6) is 0 Å². The van der Waals surface area contributed by atoms with E-state index in [2.05, 4.69) is 34.0 Å². The third kappa shape index (κ3) is 3.40. The maximum Gasteiger partial charge on any atom is 0.146 e. The minimum atomic E-state index is 0.162. The Kier molecular flexibility index (Phi) is 5.07. The van der Waals surface area contributed by atoms with Crippen LogP contribution in [0.3, 0.4) is 0 Å². The summed E-state index contributed by atoms with van der Waals surface area (Å²) in [5, 5.41) is 15.4. The highest BCUT2D eigenvalue weighted by atomic mass is 32.1. The Balaban J connectivity index is 2.27. The van der Waals surface area contributed by atoms with Gasteiger partial charge >= 0.3 is 0 Å². The van der Waals surface area contributed by atoms with E-state index in [4.69, 9.17) is 5.11 Å². The Morgan fingerprint density at radius 3 is 2.89 bits per heavy atom. The quantitative estimate of drug-likeness (QED) is 0.811. The van der Waals surface area contributed by atoms with Crippen molar-refractivity contribution in [3.63, 3.8) is 0 Å². The fourth-order valence-corrected chi connectivity index (χ4v) is 2.75. The van der Waals surface area contributed by atoms with Crippen molar-refractivity contribution in [1.29, 1.82) is 0 Å². The van der Waals surface area contributed by atoms with Gasteiger partial charge in [-0.25, -0.2) is 9.97 Å². The number of likely N-dealkylation sites (N-methyl/N-ethyl adjacent to an activating group) is 1. The van der Waals surface area contributed by atoms with E-state index in [-0.39, 0.29) is 6.61 Å². The molecular weight excluding hydrogens is 260 g/mol. The van der Waals surface area contributed by atoms with E-state index in [0.29, 0.717) is 13.1 Å². The zero-order valence-electron chi connectivity index (χ0n) is 11.4. The maximum atomic E-state index is 9.03. The third-order valence-electron chi connectivity index (χ3n) is 2.94. The topological polar surface area (TPSA) is 61.3 Å². The summed E-state index contributed by atoms with van der Waals surface area (Å²) in [5.74, 6) is 1.71. The molecule has 0 amide bonds. The molecule has 0 aromatic carbocycles. The van der Waals surface area contributed by atoms with Gasteiger partial charge in [-0.2, -0.15) is 0 Å². The van der Waals surface area contributed by atoms with Gasteiger partial charge in [-0.15, -0.1) is 11.3 Å². The molecule has 0 aliphatic rings. The molecule has 0 spiro atoms. The van der Waals surface area contributed by atoms with Crippen LogP contribution in [0.4, 0.5) is 5.82 Å². The minimum absolute atomic E-state index is 0.162. The van der Waals surface area contributed by atoms with Gasteiger partial charge in [0, 0.05) is 13.1 Å². The summed E-state index contributed by atoms with van der Waals surface area (Å²) in [4.78, 5) is 12.3. The molecule has 0 bridgehead atoms. The lowest BCUT2D eigenvalue weighted by molar-refractivity contribution is 0.194. The third-order valence-corrected chi connectivity index (χ3v) is 3.75. The Bertz CT molecular complexity index is 528. The first-order valence-electron chi connectivity index (χ1n) is 6.59. The SMILES string of the molecule is CCNc1nc(CN(CC)CCO)nc2sccc12. The van der Waals surface area contributed by atoms with Crippen LogP contribution in [-0.2, 0) is 6.54 Å². The maximum absolute atomic E-state index is 9.03. The van der Waals surface area contributed by atoms with Crippen molar-refractivity contribution in [3.05, 3.63) is 17.3 Å². The van der Waals surface area contributed by atoms with Gasteiger partial charge in [0.15, 0.2) is 0 Å². The van der Waals surface area contributed by atoms with E-state index in [0.717, 1.165) is 34.9 Å². The molecule has 2 heterocycles. The number of thiophene rings is 1. The second-order valence-corrected chi connectivity index (χ2v) is 5.15. The second-order valence-electron chi connectivity index (χ2n) is 4.25. The number of rotatable bonds is 7. The Morgan fingerprint density at radius 1 is 1.37 bits per heavy atom. The highest BCUT2D eigenvalue weighted by molar-refractivity contribution is 7.16. The highest BCUT2D eigenvalue weighted by Crippen LogP contribution is 2.25. The van der Waals surface area contributed by atoms with Gasteiger partial charge in [-0.1, -0.05) is 6.92 Å². The van der Waals surface area contributed by atoms with Crippen molar-refractivity contribution in [2.24, 2.45) is 0 Å². The fraction of sp³-hybridized carbons (Fsp3) is 0.538. The molecule has 0 unspecified atom stereocenters. The molecule has 19 heavy (non-hydrogen) atoms. The summed E-state index contributed by atoms with van der Waals surface area (Å²) in [6.07, 6.45) is 0. The zero-order chi connectivity index (χ0) is 13.7. The first-order valence-corrected chi connectivity index (χ1v) is 7.47. The van der Waals surface area contributed by atoms with E-state index >= 15 is 0 Å². The second kappa shape index (κ2) is 6.79. The first kappa shape index (κ1) is 14.2. The molecule has 2 rings (SSSR count). The molecule has 0 radical (unpaired) electrons. The van der Waals surface area contributed by atoms with Crippen LogP contribution in [0.15, 0.2) is 11.4 Å². The van der Waals surface area contributed by atoms with Gasteiger partial charge in [0.1, 0.15) is 16.5 Å². The molecule has 0 saturated heterocycles. The van der Waals surface area contributed by atoms with Crippen molar-refractivity contribution in [2.45, 2.75) is 20.4 Å². The molecule has 0 atom stereocenters. The van der Waals surface area contributed by atoms with Crippen LogP contribution < -0.4 is 5.32 Å². The van der Waals surface area contributed by atoms with Gasteiger partial charge in [-0.3, -0.25) is 4.90 Å². The summed E-state index contributed by atoms with van der Waals surface area (Å²) >= 11 is 1.63. The summed E-state index contributed by atoms with van der Waals surface area (Å²) in [7, 11) is 0. The van der Waals surface area contributed by atoms with Crippen molar-refractivity contribution >= 4 is 27.4 Å². The smallest absolute Gasteiger partial charge is 0.146 e. The van der Waals surface area contributed by atoms with Crippen LogP contribution in [-0.4, -0.2) is 46.2 Å². The monoisotopic (exact) mass is 280 g/mol. The van der Waals surface area contributed by atoms with Gasteiger partial charge in [0.2, 0.25) is 0 Å². The molecule has 2 aromatic rings. The average molecular weight is 280 g/mol. The van der Waals surface area contributed by atoms with E-state index in [9.17, 15) is 0 Å². The van der Waals surface area contributed by atoms with Crippen LogP contribution in [0.1, 0.15) is 19.7 Å². The first-order chi connectivity index (χ1) is 9.28. The lowest BCUT2D eigenvalue weighted by Crippen LogP contribution is -2.27. The van der Waals surface area contributed by atoms with Crippen molar-refractivity contribution in [3.8, 4) is 0 Å². The predicted molar refractivity (Wildman–Crippen MR) is 79.6 cm³/mol. The molecule has 6 heteroatoms. The van der Waals surface area contributed by atoms with Crippen molar-refractivity contribution < 1.29 is 5.11 Å². The molecule has 104 valence electrons. The molecule has 0 fully saturated rings. The van der Waals surface area contributed by atoms with E-state index in [1.807, 2.05) is 11.4 Å². The number of hydrogen-bond donors (Lipinski definition) is 2. The number of fused-ring (bicyclic) bond motifs is 1. The highest BCUT2D eigenvalue weighted by Gasteiger charge is 2.11. The molecule has 2 aromatic heterocycles. The minimum Gasteiger partial charge on any atom is -0.395 e. The number of nitrogens with one attached hydrogen (secondary N) is 1. The zero-order valence-corrected chi connectivity index (χ0v) is 12.2. The number of nitrogens with zero attached hydrogens (tertiary/aromatic N) is 3. The van der Waals surface area contributed by atoms with Gasteiger partial charge < -0.3 is 10.4 Å². The van der Waals surface area contributed by atoms with Crippen LogP contribution in [0.2, 0.25) is 0 Å². The largest absolute Gasteiger partial charge is 0.395 e. The normalized spacial score (nSPS) is 11.4. The number of aromatic nitrogens is 2. The lowest BCUT2D eigenvalue weighted by Gasteiger charge is -2.18. The van der Waals surface area contributed by atoms with Gasteiger partial charge in [0.05, 0.1) is 18.5 Å². The van der Waals surface area contributed by atoms with Crippen LogP contribution in [0.25, 0.3) is 10.2 Å². The van der Waals surface area contributed by atoms with Gasteiger partial charge in [0.25, 0.3) is 0 Å².